The van der Waals surface area contributed by atoms with Gasteiger partial charge in [-0.3, -0.25) is 0 Å². The fraction of sp³-hybridized carbons (Fsp3) is 0.158. The molecule has 0 radical (unpaired) electrons. The molecule has 2 aromatic carbocycles. The molecule has 0 aliphatic carbocycles. The summed E-state index contributed by atoms with van der Waals surface area (Å²) in [6, 6.07) is 17.7. The summed E-state index contributed by atoms with van der Waals surface area (Å²) in [4.78, 5) is 8.28. The van der Waals surface area contributed by atoms with Gasteiger partial charge in [0, 0.05) is 18.9 Å². The number of methoxy groups -OCH3 is 1. The van der Waals surface area contributed by atoms with Crippen LogP contribution in [-0.4, -0.2) is 17.1 Å². The number of aromatic nitrogens is 2. The van der Waals surface area contributed by atoms with Gasteiger partial charge in [0.2, 0.25) is 5.95 Å². The molecule has 1 N–H and O–H groups in total. The molecule has 0 bridgehead atoms. The maximum absolute atomic E-state index is 5.86. The summed E-state index contributed by atoms with van der Waals surface area (Å²) in [6.07, 6.45) is 3.41. The van der Waals surface area contributed by atoms with Gasteiger partial charge in [-0.05, 0) is 29.3 Å². The number of benzene rings is 2. The molecule has 3 rings (SSSR count). The Balaban J connectivity index is 1.64. The number of nitrogens with zero attached hydrogens (tertiary/aromatic N) is 2. The van der Waals surface area contributed by atoms with Crippen LogP contribution in [0, 0.1) is 0 Å². The molecule has 24 heavy (non-hydrogen) atoms. The Morgan fingerprint density at radius 1 is 0.875 bits per heavy atom. The number of hydrogen-bond donors (Lipinski definition) is 1. The van der Waals surface area contributed by atoms with Gasteiger partial charge < -0.3 is 14.8 Å². The van der Waals surface area contributed by atoms with Crippen LogP contribution in [0.3, 0.4) is 0 Å². The van der Waals surface area contributed by atoms with Crippen LogP contribution in [0.1, 0.15) is 11.1 Å². The highest BCUT2D eigenvalue weighted by molar-refractivity contribution is 5.44. The molecule has 122 valence electrons. The van der Waals surface area contributed by atoms with E-state index in [1.54, 1.807) is 25.6 Å². The molecule has 1 heterocycles. The van der Waals surface area contributed by atoms with E-state index in [-0.39, 0.29) is 0 Å². The maximum Gasteiger partial charge on any atom is 0.222 e. The maximum atomic E-state index is 5.86. The first-order valence-corrected chi connectivity index (χ1v) is 7.69. The minimum absolute atomic E-state index is 0.507. The van der Waals surface area contributed by atoms with Crippen molar-refractivity contribution >= 4 is 5.95 Å². The fourth-order valence-corrected chi connectivity index (χ4v) is 2.25. The Kier molecular flexibility index (Phi) is 5.24. The molecule has 0 saturated heterocycles. The van der Waals surface area contributed by atoms with Crippen molar-refractivity contribution in [2.24, 2.45) is 0 Å². The van der Waals surface area contributed by atoms with E-state index in [0.717, 1.165) is 16.9 Å². The lowest BCUT2D eigenvalue weighted by Crippen LogP contribution is -2.04. The molecule has 0 aliphatic rings. The topological polar surface area (TPSA) is 56.3 Å². The molecular formula is C19H19N3O2. The monoisotopic (exact) mass is 321 g/mol. The zero-order chi connectivity index (χ0) is 16.6. The zero-order valence-corrected chi connectivity index (χ0v) is 13.5. The minimum atomic E-state index is 0.507. The zero-order valence-electron chi connectivity index (χ0n) is 13.5. The summed E-state index contributed by atoms with van der Waals surface area (Å²) < 4.78 is 11.3. The van der Waals surface area contributed by atoms with Crippen LogP contribution >= 0.6 is 0 Å². The lowest BCUT2D eigenvalue weighted by atomic mass is 10.2. The number of hydrogen-bond acceptors (Lipinski definition) is 5. The highest BCUT2D eigenvalue weighted by atomic mass is 16.5. The second kappa shape index (κ2) is 7.97. The van der Waals surface area contributed by atoms with Gasteiger partial charge in [-0.1, -0.05) is 36.4 Å². The quantitative estimate of drug-likeness (QED) is 0.719. The molecule has 0 spiro atoms. The Labute approximate surface area is 141 Å². The van der Waals surface area contributed by atoms with Crippen molar-refractivity contribution in [1.29, 1.82) is 0 Å². The number of rotatable bonds is 7. The summed E-state index contributed by atoms with van der Waals surface area (Å²) in [5, 5.41) is 3.17. The van der Waals surface area contributed by atoms with Crippen molar-refractivity contribution in [3.05, 3.63) is 78.1 Å². The lowest BCUT2D eigenvalue weighted by Gasteiger charge is -2.12. The predicted molar refractivity (Wildman–Crippen MR) is 93.1 cm³/mol. The SMILES string of the molecule is COc1cc(CNc2ncccn2)ccc1OCc1ccccc1. The van der Waals surface area contributed by atoms with E-state index in [4.69, 9.17) is 9.47 Å². The predicted octanol–water partition coefficient (Wildman–Crippen LogP) is 3.68. The van der Waals surface area contributed by atoms with Gasteiger partial charge in [-0.25, -0.2) is 9.97 Å². The van der Waals surface area contributed by atoms with Crippen LogP contribution in [0.25, 0.3) is 0 Å². The van der Waals surface area contributed by atoms with E-state index < -0.39 is 0 Å². The third-order valence-corrected chi connectivity index (χ3v) is 3.48. The van der Waals surface area contributed by atoms with Crippen molar-refractivity contribution < 1.29 is 9.47 Å². The molecule has 0 amide bonds. The van der Waals surface area contributed by atoms with Crippen LogP contribution in [0.4, 0.5) is 5.95 Å². The molecule has 3 aromatic rings. The normalized spacial score (nSPS) is 10.2. The van der Waals surface area contributed by atoms with Gasteiger partial charge in [0.25, 0.3) is 0 Å². The van der Waals surface area contributed by atoms with E-state index >= 15 is 0 Å². The molecule has 1 aromatic heterocycles. The van der Waals surface area contributed by atoms with Crippen LogP contribution < -0.4 is 14.8 Å². The van der Waals surface area contributed by atoms with E-state index in [1.165, 1.54) is 0 Å². The smallest absolute Gasteiger partial charge is 0.222 e. The Hall–Kier alpha value is -3.08. The van der Waals surface area contributed by atoms with Crippen molar-refractivity contribution in [3.63, 3.8) is 0 Å². The van der Waals surface area contributed by atoms with Crippen LogP contribution in [0.15, 0.2) is 67.0 Å². The molecule has 5 nitrogen and oxygen atoms in total. The van der Waals surface area contributed by atoms with Gasteiger partial charge in [-0.15, -0.1) is 0 Å². The molecule has 0 fully saturated rings. The van der Waals surface area contributed by atoms with Crippen LogP contribution in [0.2, 0.25) is 0 Å². The van der Waals surface area contributed by atoms with Gasteiger partial charge in [0.15, 0.2) is 11.5 Å². The van der Waals surface area contributed by atoms with E-state index in [1.807, 2.05) is 48.5 Å². The average molecular weight is 321 g/mol. The summed E-state index contributed by atoms with van der Waals surface area (Å²) in [6.45, 7) is 1.12. The third-order valence-electron chi connectivity index (χ3n) is 3.48. The minimum Gasteiger partial charge on any atom is -0.493 e. The van der Waals surface area contributed by atoms with Crippen molar-refractivity contribution in [2.45, 2.75) is 13.2 Å². The number of nitrogens with one attached hydrogen (secondary N) is 1. The highest BCUT2D eigenvalue weighted by Gasteiger charge is 2.06. The fourth-order valence-electron chi connectivity index (χ4n) is 2.25. The van der Waals surface area contributed by atoms with E-state index in [9.17, 15) is 0 Å². The van der Waals surface area contributed by atoms with Crippen LogP contribution in [0.5, 0.6) is 11.5 Å². The molecular weight excluding hydrogens is 302 g/mol. The standard InChI is InChI=1S/C19H19N3O2/c1-23-18-12-16(13-22-19-20-10-5-11-21-19)8-9-17(18)24-14-15-6-3-2-4-7-15/h2-12H,13-14H2,1H3,(H,20,21,22). The van der Waals surface area contributed by atoms with Crippen molar-refractivity contribution in [2.75, 3.05) is 12.4 Å². The molecule has 0 atom stereocenters. The third kappa shape index (κ3) is 4.23. The molecule has 0 aliphatic heterocycles. The number of ether oxygens (including phenoxy) is 2. The first-order valence-electron chi connectivity index (χ1n) is 7.69. The Bertz CT molecular complexity index is 764. The highest BCUT2D eigenvalue weighted by Crippen LogP contribution is 2.29. The average Bonchev–Trinajstić information content (AvgIpc) is 2.66. The van der Waals surface area contributed by atoms with Crippen molar-refractivity contribution in [1.82, 2.24) is 9.97 Å². The first-order chi connectivity index (χ1) is 11.8. The Morgan fingerprint density at radius 2 is 1.67 bits per heavy atom. The summed E-state index contributed by atoms with van der Waals surface area (Å²) in [5.41, 5.74) is 2.18. The second-order valence-corrected chi connectivity index (χ2v) is 5.19. The summed E-state index contributed by atoms with van der Waals surface area (Å²) >= 11 is 0. The second-order valence-electron chi connectivity index (χ2n) is 5.19. The Morgan fingerprint density at radius 3 is 2.42 bits per heavy atom. The molecule has 5 heteroatoms. The first kappa shape index (κ1) is 15.8. The lowest BCUT2D eigenvalue weighted by molar-refractivity contribution is 0.284. The summed E-state index contributed by atoms with van der Waals surface area (Å²) in [7, 11) is 1.64. The largest absolute Gasteiger partial charge is 0.493 e. The van der Waals surface area contributed by atoms with E-state index in [2.05, 4.69) is 15.3 Å². The molecule has 0 unspecified atom stereocenters. The van der Waals surface area contributed by atoms with Gasteiger partial charge >= 0.3 is 0 Å². The number of anilines is 1. The van der Waals surface area contributed by atoms with Gasteiger partial charge in [0.05, 0.1) is 7.11 Å². The van der Waals surface area contributed by atoms with Gasteiger partial charge in [0.1, 0.15) is 6.61 Å². The van der Waals surface area contributed by atoms with Crippen LogP contribution in [-0.2, 0) is 13.2 Å². The van der Waals surface area contributed by atoms with Gasteiger partial charge in [-0.2, -0.15) is 0 Å². The molecule has 0 saturated carbocycles. The summed E-state index contributed by atoms with van der Waals surface area (Å²) in [5.74, 6) is 2.03. The van der Waals surface area contributed by atoms with Crippen molar-refractivity contribution in [3.8, 4) is 11.5 Å². The van der Waals surface area contributed by atoms with E-state index in [0.29, 0.717) is 24.8 Å².